The second kappa shape index (κ2) is 7.03. The minimum Gasteiger partial charge on any atom is -0.321 e. The molecule has 5 nitrogen and oxygen atoms in total. The molecule has 0 fully saturated rings. The zero-order valence-electron chi connectivity index (χ0n) is 13.8. The number of carbonyl (C=O) groups excluding carboxylic acids is 1. The van der Waals surface area contributed by atoms with E-state index in [-0.39, 0.29) is 16.8 Å². The first-order valence-electron chi connectivity index (χ1n) is 7.79. The highest BCUT2D eigenvalue weighted by Gasteiger charge is 2.14. The fraction of sp³-hybridized carbons (Fsp3) is 0.0500. The van der Waals surface area contributed by atoms with Crippen LogP contribution < -0.4 is 10.9 Å². The quantitative estimate of drug-likeness (QED) is 0.759. The molecule has 3 rings (SSSR count). The van der Waals surface area contributed by atoms with Crippen molar-refractivity contribution in [2.45, 2.75) is 6.92 Å². The van der Waals surface area contributed by atoms with Crippen molar-refractivity contribution in [3.63, 3.8) is 0 Å². The van der Waals surface area contributed by atoms with Crippen LogP contribution in [-0.4, -0.2) is 10.9 Å². The third-order valence-electron chi connectivity index (χ3n) is 3.87. The number of pyridine rings is 1. The van der Waals surface area contributed by atoms with E-state index in [0.29, 0.717) is 5.69 Å². The van der Waals surface area contributed by atoms with Crippen molar-refractivity contribution in [1.29, 1.82) is 5.26 Å². The van der Waals surface area contributed by atoms with Gasteiger partial charge in [0, 0.05) is 5.69 Å². The third kappa shape index (κ3) is 3.52. The maximum absolute atomic E-state index is 13.2. The molecule has 0 aliphatic rings. The summed E-state index contributed by atoms with van der Waals surface area (Å²) < 4.78 is 13.2. The van der Waals surface area contributed by atoms with Crippen molar-refractivity contribution in [2.24, 2.45) is 0 Å². The Balaban J connectivity index is 1.88. The maximum atomic E-state index is 13.2. The molecule has 0 unspecified atom stereocenters. The first kappa shape index (κ1) is 17.1. The molecule has 26 heavy (non-hydrogen) atoms. The van der Waals surface area contributed by atoms with E-state index in [4.69, 9.17) is 5.26 Å². The highest BCUT2D eigenvalue weighted by Crippen LogP contribution is 2.18. The van der Waals surface area contributed by atoms with Gasteiger partial charge in [0.25, 0.3) is 11.5 Å². The Morgan fingerprint density at radius 3 is 2.50 bits per heavy atom. The first-order chi connectivity index (χ1) is 12.5. The SMILES string of the molecule is Cc1ccc(-c2ccc(C(=O)Nc3ccc(F)cc3C#N)c(=O)[nH]2)cc1. The van der Waals surface area contributed by atoms with Gasteiger partial charge in [0.05, 0.1) is 11.3 Å². The van der Waals surface area contributed by atoms with Crippen molar-refractivity contribution in [1.82, 2.24) is 4.98 Å². The van der Waals surface area contributed by atoms with E-state index in [9.17, 15) is 14.0 Å². The number of aromatic nitrogens is 1. The molecule has 3 aromatic rings. The van der Waals surface area contributed by atoms with Crippen LogP contribution in [-0.2, 0) is 0 Å². The summed E-state index contributed by atoms with van der Waals surface area (Å²) in [4.78, 5) is 27.3. The molecule has 0 aliphatic carbocycles. The number of nitriles is 1. The molecule has 2 N–H and O–H groups in total. The molecule has 6 heteroatoms. The normalized spacial score (nSPS) is 10.2. The van der Waals surface area contributed by atoms with Crippen LogP contribution in [0.15, 0.2) is 59.4 Å². The van der Waals surface area contributed by atoms with Crippen LogP contribution in [0.25, 0.3) is 11.3 Å². The number of carbonyl (C=O) groups is 1. The number of hydrogen-bond donors (Lipinski definition) is 2. The minimum absolute atomic E-state index is 0.0222. The van der Waals surface area contributed by atoms with Gasteiger partial charge in [-0.1, -0.05) is 29.8 Å². The molecule has 0 radical (unpaired) electrons. The number of amides is 1. The Morgan fingerprint density at radius 1 is 1.12 bits per heavy atom. The van der Waals surface area contributed by atoms with Crippen molar-refractivity contribution < 1.29 is 9.18 Å². The zero-order chi connectivity index (χ0) is 18.7. The van der Waals surface area contributed by atoms with Crippen LogP contribution in [0.1, 0.15) is 21.5 Å². The summed E-state index contributed by atoms with van der Waals surface area (Å²) in [5.74, 6) is -1.26. The van der Waals surface area contributed by atoms with E-state index >= 15 is 0 Å². The van der Waals surface area contributed by atoms with E-state index in [2.05, 4.69) is 10.3 Å². The van der Waals surface area contributed by atoms with Gasteiger partial charge in [0.2, 0.25) is 0 Å². The van der Waals surface area contributed by atoms with Gasteiger partial charge in [0.1, 0.15) is 17.4 Å². The van der Waals surface area contributed by atoms with Crippen molar-refractivity contribution in [2.75, 3.05) is 5.32 Å². The van der Waals surface area contributed by atoms with Gasteiger partial charge in [0.15, 0.2) is 0 Å². The van der Waals surface area contributed by atoms with Gasteiger partial charge in [-0.3, -0.25) is 9.59 Å². The van der Waals surface area contributed by atoms with Crippen LogP contribution >= 0.6 is 0 Å². The Morgan fingerprint density at radius 2 is 1.85 bits per heavy atom. The van der Waals surface area contributed by atoms with E-state index in [1.807, 2.05) is 31.2 Å². The third-order valence-corrected chi connectivity index (χ3v) is 3.87. The van der Waals surface area contributed by atoms with Crippen molar-refractivity contribution in [3.8, 4) is 17.3 Å². The number of halogens is 1. The maximum Gasteiger partial charge on any atom is 0.261 e. The molecule has 0 spiro atoms. The predicted molar refractivity (Wildman–Crippen MR) is 96.3 cm³/mol. The summed E-state index contributed by atoms with van der Waals surface area (Å²) >= 11 is 0. The molecule has 1 amide bonds. The number of rotatable bonds is 3. The second-order valence-electron chi connectivity index (χ2n) is 5.74. The minimum atomic E-state index is -0.676. The second-order valence-corrected chi connectivity index (χ2v) is 5.74. The number of H-pyrrole nitrogens is 1. The highest BCUT2D eigenvalue weighted by atomic mass is 19.1. The number of nitrogens with one attached hydrogen (secondary N) is 2. The molecular weight excluding hydrogens is 333 g/mol. The van der Waals surface area contributed by atoms with Gasteiger partial charge in [-0.25, -0.2) is 4.39 Å². The van der Waals surface area contributed by atoms with E-state index in [1.54, 1.807) is 12.1 Å². The number of aromatic amines is 1. The predicted octanol–water partition coefficient (Wildman–Crippen LogP) is 3.61. The molecule has 0 saturated carbocycles. The largest absolute Gasteiger partial charge is 0.321 e. The highest BCUT2D eigenvalue weighted by molar-refractivity contribution is 6.04. The number of hydrogen-bond acceptors (Lipinski definition) is 3. The van der Waals surface area contributed by atoms with Gasteiger partial charge in [-0.05, 0) is 42.8 Å². The summed E-state index contributed by atoms with van der Waals surface area (Å²) in [5.41, 5.74) is 1.97. The standard InChI is InChI=1S/C20H14FN3O2/c1-12-2-4-13(5-3-12)17-9-7-16(19(25)23-17)20(26)24-18-8-6-15(21)10-14(18)11-22/h2-10H,1H3,(H,23,25)(H,24,26). The van der Waals surface area contributed by atoms with Crippen LogP contribution in [0.2, 0.25) is 0 Å². The van der Waals surface area contributed by atoms with Gasteiger partial charge >= 0.3 is 0 Å². The Labute approximate surface area is 148 Å². The molecule has 0 aliphatic heterocycles. The van der Waals surface area contributed by atoms with Crippen LogP contribution in [0.3, 0.4) is 0 Å². The number of aryl methyl sites for hydroxylation is 1. The molecule has 0 bridgehead atoms. The number of nitrogens with zero attached hydrogens (tertiary/aromatic N) is 1. The fourth-order valence-electron chi connectivity index (χ4n) is 2.46. The summed E-state index contributed by atoms with van der Waals surface area (Å²) in [6.45, 7) is 1.96. The average Bonchev–Trinajstić information content (AvgIpc) is 2.63. The Kier molecular flexibility index (Phi) is 4.63. The molecule has 1 aromatic heterocycles. The summed E-state index contributed by atoms with van der Waals surface area (Å²) in [6, 6.07) is 15.9. The summed E-state index contributed by atoms with van der Waals surface area (Å²) in [7, 11) is 0. The Bertz CT molecular complexity index is 1080. The van der Waals surface area contributed by atoms with Crippen molar-refractivity contribution in [3.05, 3.63) is 87.5 Å². The van der Waals surface area contributed by atoms with Crippen molar-refractivity contribution >= 4 is 11.6 Å². The number of anilines is 1. The number of benzene rings is 2. The van der Waals surface area contributed by atoms with Crippen LogP contribution in [0.5, 0.6) is 0 Å². The Hall–Kier alpha value is -3.72. The molecule has 1 heterocycles. The lowest BCUT2D eigenvalue weighted by Gasteiger charge is -2.08. The molecular formula is C20H14FN3O2. The lowest BCUT2D eigenvalue weighted by Crippen LogP contribution is -2.23. The molecule has 0 saturated heterocycles. The fourth-order valence-corrected chi connectivity index (χ4v) is 2.46. The van der Waals surface area contributed by atoms with E-state index < -0.39 is 17.3 Å². The van der Waals surface area contributed by atoms with Crippen LogP contribution in [0, 0.1) is 24.1 Å². The molecule has 2 aromatic carbocycles. The van der Waals surface area contributed by atoms with E-state index in [1.165, 1.54) is 12.1 Å². The first-order valence-corrected chi connectivity index (χ1v) is 7.79. The monoisotopic (exact) mass is 347 g/mol. The summed E-state index contributed by atoms with van der Waals surface area (Å²) in [5, 5.41) is 11.5. The smallest absolute Gasteiger partial charge is 0.261 e. The lowest BCUT2D eigenvalue weighted by atomic mass is 10.1. The van der Waals surface area contributed by atoms with E-state index in [0.717, 1.165) is 23.3 Å². The summed E-state index contributed by atoms with van der Waals surface area (Å²) in [6.07, 6.45) is 0. The van der Waals surface area contributed by atoms with Gasteiger partial charge in [-0.2, -0.15) is 5.26 Å². The molecule has 0 atom stereocenters. The van der Waals surface area contributed by atoms with Gasteiger partial charge in [-0.15, -0.1) is 0 Å². The average molecular weight is 347 g/mol. The lowest BCUT2D eigenvalue weighted by molar-refractivity contribution is 0.102. The zero-order valence-corrected chi connectivity index (χ0v) is 13.8. The molecule has 128 valence electrons. The van der Waals surface area contributed by atoms with Crippen LogP contribution in [0.4, 0.5) is 10.1 Å². The topological polar surface area (TPSA) is 85.8 Å². The van der Waals surface area contributed by atoms with Gasteiger partial charge < -0.3 is 10.3 Å².